The minimum atomic E-state index is -0.814. The summed E-state index contributed by atoms with van der Waals surface area (Å²) in [6.07, 6.45) is 3.46. The zero-order valence-corrected chi connectivity index (χ0v) is 11.4. The molecule has 0 heterocycles. The van der Waals surface area contributed by atoms with Crippen molar-refractivity contribution in [1.82, 2.24) is 5.32 Å². The van der Waals surface area contributed by atoms with Gasteiger partial charge in [0.15, 0.2) is 0 Å². The van der Waals surface area contributed by atoms with Crippen LogP contribution in [0.25, 0.3) is 0 Å². The SMILES string of the molecule is O=C(O)CCc1cccc(NC(=O)CCNC2CC2)c1. The molecule has 0 radical (unpaired) electrons. The van der Waals surface area contributed by atoms with Gasteiger partial charge in [0, 0.05) is 31.1 Å². The summed E-state index contributed by atoms with van der Waals surface area (Å²) in [7, 11) is 0. The second kappa shape index (κ2) is 7.05. The molecule has 3 N–H and O–H groups in total. The molecule has 1 aliphatic carbocycles. The lowest BCUT2D eigenvalue weighted by atomic mass is 10.1. The number of nitrogens with one attached hydrogen (secondary N) is 2. The van der Waals surface area contributed by atoms with E-state index in [1.165, 1.54) is 12.8 Å². The minimum absolute atomic E-state index is 0.0199. The summed E-state index contributed by atoms with van der Waals surface area (Å²) in [5.74, 6) is -0.834. The first-order valence-electron chi connectivity index (χ1n) is 6.97. The zero-order valence-electron chi connectivity index (χ0n) is 11.4. The molecule has 2 rings (SSSR count). The van der Waals surface area contributed by atoms with Crippen molar-refractivity contribution < 1.29 is 14.7 Å². The first-order chi connectivity index (χ1) is 9.63. The molecule has 1 saturated carbocycles. The number of carbonyl (C=O) groups is 2. The van der Waals surface area contributed by atoms with Crippen LogP contribution in [-0.4, -0.2) is 29.6 Å². The molecule has 0 atom stereocenters. The maximum Gasteiger partial charge on any atom is 0.303 e. The summed E-state index contributed by atoms with van der Waals surface area (Å²) in [5.41, 5.74) is 1.64. The van der Waals surface area contributed by atoms with Crippen molar-refractivity contribution in [3.05, 3.63) is 29.8 Å². The number of hydrogen-bond acceptors (Lipinski definition) is 3. The summed E-state index contributed by atoms with van der Waals surface area (Å²) in [6, 6.07) is 7.95. The maximum absolute atomic E-state index is 11.7. The molecule has 0 aliphatic heterocycles. The Kier molecular flexibility index (Phi) is 5.12. The van der Waals surface area contributed by atoms with E-state index in [1.54, 1.807) is 0 Å². The Morgan fingerprint density at radius 2 is 2.05 bits per heavy atom. The molecule has 1 aliphatic rings. The Hall–Kier alpha value is -1.88. The van der Waals surface area contributed by atoms with Crippen molar-refractivity contribution in [1.29, 1.82) is 0 Å². The average Bonchev–Trinajstić information content (AvgIpc) is 3.21. The van der Waals surface area contributed by atoms with Gasteiger partial charge >= 0.3 is 5.97 Å². The number of aliphatic carboxylic acids is 1. The standard InChI is InChI=1S/C15H20N2O3/c18-14(8-9-16-12-5-6-12)17-13-3-1-2-11(10-13)4-7-15(19)20/h1-3,10,12,16H,4-9H2,(H,17,18)(H,19,20). The fourth-order valence-electron chi connectivity index (χ4n) is 1.96. The molecule has 0 aromatic heterocycles. The minimum Gasteiger partial charge on any atom is -0.481 e. The molecule has 0 spiro atoms. The lowest BCUT2D eigenvalue weighted by Crippen LogP contribution is -2.23. The summed E-state index contributed by atoms with van der Waals surface area (Å²) < 4.78 is 0. The predicted octanol–water partition coefficient (Wildman–Crippen LogP) is 1.78. The van der Waals surface area contributed by atoms with E-state index in [4.69, 9.17) is 5.11 Å². The molecular weight excluding hydrogens is 256 g/mol. The first-order valence-corrected chi connectivity index (χ1v) is 6.97. The Morgan fingerprint density at radius 1 is 1.25 bits per heavy atom. The van der Waals surface area contributed by atoms with Crippen LogP contribution < -0.4 is 10.6 Å². The number of hydrogen-bond donors (Lipinski definition) is 3. The van der Waals surface area contributed by atoms with Gasteiger partial charge in [0.25, 0.3) is 0 Å². The van der Waals surface area contributed by atoms with Crippen LogP contribution in [0.5, 0.6) is 0 Å². The van der Waals surface area contributed by atoms with Gasteiger partial charge in [-0.25, -0.2) is 0 Å². The van der Waals surface area contributed by atoms with Crippen LogP contribution in [0.15, 0.2) is 24.3 Å². The van der Waals surface area contributed by atoms with Gasteiger partial charge in [0.1, 0.15) is 0 Å². The molecule has 108 valence electrons. The van der Waals surface area contributed by atoms with Gasteiger partial charge in [-0.05, 0) is 37.0 Å². The second-order valence-corrected chi connectivity index (χ2v) is 5.12. The molecule has 20 heavy (non-hydrogen) atoms. The molecule has 1 aromatic carbocycles. The number of aryl methyl sites for hydroxylation is 1. The van der Waals surface area contributed by atoms with Crippen LogP contribution in [0, 0.1) is 0 Å². The summed E-state index contributed by atoms with van der Waals surface area (Å²) >= 11 is 0. The van der Waals surface area contributed by atoms with Crippen LogP contribution in [0.1, 0.15) is 31.2 Å². The van der Waals surface area contributed by atoms with Crippen molar-refractivity contribution in [3.8, 4) is 0 Å². The number of amides is 1. The molecule has 0 bridgehead atoms. The van der Waals surface area contributed by atoms with E-state index in [0.717, 1.165) is 11.3 Å². The first kappa shape index (κ1) is 14.5. The third-order valence-corrected chi connectivity index (χ3v) is 3.20. The van der Waals surface area contributed by atoms with Gasteiger partial charge in [-0.1, -0.05) is 12.1 Å². The van der Waals surface area contributed by atoms with Gasteiger partial charge in [-0.2, -0.15) is 0 Å². The van der Waals surface area contributed by atoms with Crippen molar-refractivity contribution >= 4 is 17.6 Å². The van der Waals surface area contributed by atoms with Crippen molar-refractivity contribution in [2.45, 2.75) is 38.1 Å². The van der Waals surface area contributed by atoms with E-state index < -0.39 is 5.97 Å². The summed E-state index contributed by atoms with van der Waals surface area (Å²) in [5, 5.41) is 14.8. The van der Waals surface area contributed by atoms with Crippen LogP contribution in [0.2, 0.25) is 0 Å². The second-order valence-electron chi connectivity index (χ2n) is 5.12. The molecule has 1 amide bonds. The number of benzene rings is 1. The molecule has 0 unspecified atom stereocenters. The van der Waals surface area contributed by atoms with Gasteiger partial charge in [0.05, 0.1) is 0 Å². The van der Waals surface area contributed by atoms with Crippen LogP contribution >= 0.6 is 0 Å². The Balaban J connectivity index is 1.76. The topological polar surface area (TPSA) is 78.4 Å². The number of carbonyl (C=O) groups excluding carboxylic acids is 1. The molecule has 1 aromatic rings. The number of anilines is 1. The monoisotopic (exact) mass is 276 g/mol. The lowest BCUT2D eigenvalue weighted by Gasteiger charge is -2.07. The molecule has 1 fully saturated rings. The molecular formula is C15H20N2O3. The van der Waals surface area contributed by atoms with Gasteiger partial charge < -0.3 is 15.7 Å². The zero-order chi connectivity index (χ0) is 14.4. The number of carboxylic acids is 1. The highest BCUT2D eigenvalue weighted by molar-refractivity contribution is 5.90. The van der Waals surface area contributed by atoms with E-state index in [-0.39, 0.29) is 12.3 Å². The van der Waals surface area contributed by atoms with E-state index >= 15 is 0 Å². The number of rotatable bonds is 8. The van der Waals surface area contributed by atoms with E-state index in [1.807, 2.05) is 24.3 Å². The third-order valence-electron chi connectivity index (χ3n) is 3.20. The largest absolute Gasteiger partial charge is 0.481 e. The summed E-state index contributed by atoms with van der Waals surface area (Å²) in [6.45, 7) is 0.704. The fourth-order valence-corrected chi connectivity index (χ4v) is 1.96. The summed E-state index contributed by atoms with van der Waals surface area (Å²) in [4.78, 5) is 22.3. The maximum atomic E-state index is 11.7. The van der Waals surface area contributed by atoms with E-state index in [0.29, 0.717) is 25.4 Å². The van der Waals surface area contributed by atoms with Crippen molar-refractivity contribution in [3.63, 3.8) is 0 Å². The van der Waals surface area contributed by atoms with Gasteiger partial charge in [0.2, 0.25) is 5.91 Å². The fraction of sp³-hybridized carbons (Fsp3) is 0.467. The van der Waals surface area contributed by atoms with Crippen LogP contribution in [0.3, 0.4) is 0 Å². The highest BCUT2D eigenvalue weighted by Crippen LogP contribution is 2.18. The normalized spacial score (nSPS) is 14.0. The Labute approximate surface area is 118 Å². The van der Waals surface area contributed by atoms with E-state index in [9.17, 15) is 9.59 Å². The van der Waals surface area contributed by atoms with Crippen LogP contribution in [-0.2, 0) is 16.0 Å². The van der Waals surface area contributed by atoms with Gasteiger partial charge in [-0.3, -0.25) is 9.59 Å². The Morgan fingerprint density at radius 3 is 2.75 bits per heavy atom. The van der Waals surface area contributed by atoms with E-state index in [2.05, 4.69) is 10.6 Å². The molecule has 5 heteroatoms. The quantitative estimate of drug-likeness (QED) is 0.676. The average molecular weight is 276 g/mol. The Bertz CT molecular complexity index is 484. The van der Waals surface area contributed by atoms with Crippen LogP contribution in [0.4, 0.5) is 5.69 Å². The number of carboxylic acid groups (broad SMARTS) is 1. The molecule has 5 nitrogen and oxygen atoms in total. The smallest absolute Gasteiger partial charge is 0.303 e. The predicted molar refractivity (Wildman–Crippen MR) is 76.7 cm³/mol. The highest BCUT2D eigenvalue weighted by Gasteiger charge is 2.20. The van der Waals surface area contributed by atoms with Crippen molar-refractivity contribution in [2.75, 3.05) is 11.9 Å². The highest BCUT2D eigenvalue weighted by atomic mass is 16.4. The third kappa shape index (κ3) is 5.40. The molecule has 0 saturated heterocycles. The van der Waals surface area contributed by atoms with Gasteiger partial charge in [-0.15, -0.1) is 0 Å². The van der Waals surface area contributed by atoms with Crippen molar-refractivity contribution in [2.24, 2.45) is 0 Å². The lowest BCUT2D eigenvalue weighted by molar-refractivity contribution is -0.137.